The normalized spacial score (nSPS) is 18.6. The molecule has 0 radical (unpaired) electrons. The van der Waals surface area contributed by atoms with E-state index >= 15 is 0 Å². The van der Waals surface area contributed by atoms with Crippen molar-refractivity contribution in [1.29, 1.82) is 0 Å². The predicted octanol–water partition coefficient (Wildman–Crippen LogP) is 16.2. The molecule has 0 aromatic rings. The summed E-state index contributed by atoms with van der Waals surface area (Å²) in [5, 5.41) is 31.5. The van der Waals surface area contributed by atoms with Gasteiger partial charge < -0.3 is 39.0 Å². The Balaban J connectivity index is 2.71. The number of aliphatic hydroxyl groups is 2. The SMILES string of the molecule is CC/C=C\C/C=C\C/C=C\CCCCCCCCCC(=O)OC(COC(=O)CCCCCCCC/C=C\C/C=C\C/C=C\CCCCC)COC1OC(C(=O)O)C(O)C(O)C1OC(=O)CCCCC/C=C\C/C=C\C/C=C\CC. The molecule has 1 aliphatic heterocycles. The number of hydrogen-bond donors (Lipinski definition) is 3. The first-order chi connectivity index (χ1) is 38.6. The second-order valence-electron chi connectivity index (χ2n) is 20.6. The summed E-state index contributed by atoms with van der Waals surface area (Å²) in [5.41, 5.74) is 0. The Morgan fingerprint density at radius 3 is 1.23 bits per heavy atom. The molecule has 12 heteroatoms. The van der Waals surface area contributed by atoms with Gasteiger partial charge in [-0.25, -0.2) is 4.79 Å². The number of carboxylic acid groups (broad SMARTS) is 1. The van der Waals surface area contributed by atoms with Gasteiger partial charge in [-0.05, 0) is 122 Å². The van der Waals surface area contributed by atoms with Crippen LogP contribution in [0.25, 0.3) is 0 Å². The molecule has 1 aliphatic rings. The second-order valence-corrected chi connectivity index (χ2v) is 20.6. The molecule has 0 spiro atoms. The molecule has 12 nitrogen and oxygen atoms in total. The fourth-order valence-corrected chi connectivity index (χ4v) is 8.64. The molecule has 0 aliphatic carbocycles. The lowest BCUT2D eigenvalue weighted by molar-refractivity contribution is -0.301. The zero-order chi connectivity index (χ0) is 57.5. The van der Waals surface area contributed by atoms with Crippen LogP contribution in [-0.2, 0) is 42.9 Å². The van der Waals surface area contributed by atoms with Crippen LogP contribution in [0.5, 0.6) is 0 Å². The first-order valence-electron chi connectivity index (χ1n) is 30.9. The molecule has 6 unspecified atom stereocenters. The topological polar surface area (TPSA) is 175 Å². The van der Waals surface area contributed by atoms with Crippen LogP contribution in [0.3, 0.4) is 0 Å². The van der Waals surface area contributed by atoms with E-state index in [0.29, 0.717) is 19.3 Å². The molecule has 0 bridgehead atoms. The molecule has 0 aromatic heterocycles. The minimum atomic E-state index is -1.92. The molecule has 3 N–H and O–H groups in total. The van der Waals surface area contributed by atoms with E-state index in [1.54, 1.807) is 0 Å². The van der Waals surface area contributed by atoms with Crippen LogP contribution in [-0.4, -0.2) is 89.2 Å². The molecule has 79 heavy (non-hydrogen) atoms. The van der Waals surface area contributed by atoms with Gasteiger partial charge in [-0.1, -0.05) is 207 Å². The quantitative estimate of drug-likeness (QED) is 0.0228. The third kappa shape index (κ3) is 43.8. The number of allylic oxidation sites excluding steroid dienone is 18. The van der Waals surface area contributed by atoms with Crippen LogP contribution in [0.2, 0.25) is 0 Å². The number of carbonyl (C=O) groups is 4. The van der Waals surface area contributed by atoms with Crippen molar-refractivity contribution in [3.63, 3.8) is 0 Å². The van der Waals surface area contributed by atoms with Gasteiger partial charge in [0.25, 0.3) is 0 Å². The fraction of sp³-hybridized carbons (Fsp3) is 0.672. The lowest BCUT2D eigenvalue weighted by Crippen LogP contribution is -2.61. The van der Waals surface area contributed by atoms with Gasteiger partial charge in [0.2, 0.25) is 0 Å². The molecule has 1 saturated heterocycles. The largest absolute Gasteiger partial charge is 0.479 e. The number of rotatable bonds is 51. The van der Waals surface area contributed by atoms with Crippen molar-refractivity contribution in [2.24, 2.45) is 0 Å². The van der Waals surface area contributed by atoms with Crippen LogP contribution >= 0.6 is 0 Å². The van der Waals surface area contributed by atoms with E-state index in [4.69, 9.17) is 23.7 Å². The highest BCUT2D eigenvalue weighted by Gasteiger charge is 2.50. The average molecular weight is 1110 g/mol. The number of carbonyl (C=O) groups excluding carboxylic acids is 3. The molecular formula is C67H108O12. The van der Waals surface area contributed by atoms with Crippen molar-refractivity contribution in [2.45, 2.75) is 276 Å². The molecule has 0 saturated carbocycles. The van der Waals surface area contributed by atoms with Gasteiger partial charge in [0.1, 0.15) is 18.8 Å². The van der Waals surface area contributed by atoms with Crippen molar-refractivity contribution in [1.82, 2.24) is 0 Å². The van der Waals surface area contributed by atoms with Gasteiger partial charge in [-0.15, -0.1) is 0 Å². The molecule has 1 heterocycles. The lowest BCUT2D eigenvalue weighted by atomic mass is 9.98. The first kappa shape index (κ1) is 72.4. The first-order valence-corrected chi connectivity index (χ1v) is 30.9. The maximum absolute atomic E-state index is 13.2. The summed E-state index contributed by atoms with van der Waals surface area (Å²) in [4.78, 5) is 51.2. The van der Waals surface area contributed by atoms with Gasteiger partial charge >= 0.3 is 23.9 Å². The summed E-state index contributed by atoms with van der Waals surface area (Å²) in [6.45, 7) is 5.71. The van der Waals surface area contributed by atoms with Crippen molar-refractivity contribution in [2.75, 3.05) is 13.2 Å². The summed E-state index contributed by atoms with van der Waals surface area (Å²) in [6.07, 6.45) is 60.5. The highest BCUT2D eigenvalue weighted by molar-refractivity contribution is 5.74. The van der Waals surface area contributed by atoms with E-state index < -0.39 is 67.3 Å². The van der Waals surface area contributed by atoms with Crippen molar-refractivity contribution >= 4 is 23.9 Å². The zero-order valence-corrected chi connectivity index (χ0v) is 49.3. The maximum Gasteiger partial charge on any atom is 0.335 e. The van der Waals surface area contributed by atoms with Gasteiger partial charge in [-0.2, -0.15) is 0 Å². The van der Waals surface area contributed by atoms with E-state index in [1.165, 1.54) is 25.7 Å². The second kappa shape index (κ2) is 54.0. The zero-order valence-electron chi connectivity index (χ0n) is 49.3. The molecule has 0 amide bonds. The number of ether oxygens (including phenoxy) is 5. The summed E-state index contributed by atoms with van der Waals surface area (Å²) in [7, 11) is 0. The van der Waals surface area contributed by atoms with Gasteiger partial charge in [-0.3, -0.25) is 14.4 Å². The molecule has 1 rings (SSSR count). The molecule has 448 valence electrons. The van der Waals surface area contributed by atoms with Crippen molar-refractivity contribution in [3.8, 4) is 0 Å². The fourth-order valence-electron chi connectivity index (χ4n) is 8.64. The number of aliphatic hydroxyl groups excluding tert-OH is 2. The molecule has 6 atom stereocenters. The van der Waals surface area contributed by atoms with Gasteiger partial charge in [0.05, 0.1) is 6.61 Å². The van der Waals surface area contributed by atoms with Crippen molar-refractivity contribution in [3.05, 3.63) is 109 Å². The van der Waals surface area contributed by atoms with Crippen LogP contribution in [0.4, 0.5) is 0 Å². The number of carboxylic acids is 1. The van der Waals surface area contributed by atoms with E-state index in [0.717, 1.165) is 154 Å². The molecule has 1 fully saturated rings. The van der Waals surface area contributed by atoms with Crippen LogP contribution < -0.4 is 0 Å². The average Bonchev–Trinajstić information content (AvgIpc) is 3.46. The number of unbranched alkanes of at least 4 members (excludes halogenated alkanes) is 19. The lowest BCUT2D eigenvalue weighted by Gasteiger charge is -2.40. The van der Waals surface area contributed by atoms with Crippen molar-refractivity contribution < 1.29 is 58.2 Å². The Hall–Kier alpha value is -4.62. The highest BCUT2D eigenvalue weighted by Crippen LogP contribution is 2.26. The van der Waals surface area contributed by atoms with E-state index in [2.05, 4.69) is 130 Å². The van der Waals surface area contributed by atoms with Gasteiger partial charge in [0, 0.05) is 19.3 Å². The monoisotopic (exact) mass is 1100 g/mol. The van der Waals surface area contributed by atoms with Crippen LogP contribution in [0.15, 0.2) is 109 Å². The third-order valence-corrected chi connectivity index (χ3v) is 13.3. The van der Waals surface area contributed by atoms with Gasteiger partial charge in [0.15, 0.2) is 24.6 Å². The predicted molar refractivity (Wildman–Crippen MR) is 321 cm³/mol. The summed E-state index contributed by atoms with van der Waals surface area (Å²) in [5.74, 6) is -3.20. The Kier molecular flexibility index (Phi) is 49.5. The van der Waals surface area contributed by atoms with E-state index in [9.17, 15) is 34.5 Å². The van der Waals surface area contributed by atoms with E-state index in [1.807, 2.05) is 0 Å². The number of esters is 3. The maximum atomic E-state index is 13.2. The summed E-state index contributed by atoms with van der Waals surface area (Å²) < 4.78 is 28.4. The Bertz CT molecular complexity index is 1790. The minimum absolute atomic E-state index is 0.0177. The number of hydrogen-bond acceptors (Lipinski definition) is 11. The van der Waals surface area contributed by atoms with Crippen LogP contribution in [0, 0.1) is 0 Å². The summed E-state index contributed by atoms with van der Waals surface area (Å²) in [6, 6.07) is 0. The highest BCUT2D eigenvalue weighted by atomic mass is 16.7. The minimum Gasteiger partial charge on any atom is -0.479 e. The Morgan fingerprint density at radius 1 is 0.430 bits per heavy atom. The summed E-state index contributed by atoms with van der Waals surface area (Å²) >= 11 is 0. The smallest absolute Gasteiger partial charge is 0.335 e. The standard InChI is InChI=1S/C67H108O12/c1-4-7-10-13-16-19-22-25-27-29-30-32-33-36-38-41-44-47-50-53-59(68)75-56-58(77-60(69)54-51-48-45-42-40-37-34-31-28-26-23-20-17-14-11-8-5-2)57-76-67-65(63(72)62(71)64(79-67)66(73)74)78-61(70)55-52-49-46-43-39-35-24-21-18-15-12-9-6-3/h8-9,11-12,16-21,25-28,30,32,35,39,58,62-65,67,71-72H,4-7,10,13-15,22-24,29,31,33-34,36-38,40-57H2,1-3H3,(H,73,74)/b11-8-,12-9-,19-16-,20-17-,21-18-,27-25-,28-26-,32-30-,39-35-. The molecule has 0 aromatic carbocycles. The Labute approximate surface area is 478 Å². The third-order valence-electron chi connectivity index (χ3n) is 13.3. The number of aliphatic carboxylic acids is 1. The Morgan fingerprint density at radius 2 is 0.797 bits per heavy atom. The van der Waals surface area contributed by atoms with Crippen LogP contribution in [0.1, 0.15) is 239 Å². The van der Waals surface area contributed by atoms with E-state index in [-0.39, 0.29) is 25.9 Å². The molecular weight excluding hydrogens is 997 g/mol.